The van der Waals surface area contributed by atoms with E-state index >= 15 is 0 Å². The molecule has 0 N–H and O–H groups in total. The zero-order chi connectivity index (χ0) is 17.0. The summed E-state index contributed by atoms with van der Waals surface area (Å²) in [5, 5.41) is 0. The molecule has 0 spiro atoms. The lowest BCUT2D eigenvalue weighted by molar-refractivity contribution is -0.151. The molecular formula is C15H20O6S. The molecule has 0 radical (unpaired) electrons. The Morgan fingerprint density at radius 3 is 2.36 bits per heavy atom. The second-order valence-corrected chi connectivity index (χ2v) is 7.58. The first-order chi connectivity index (χ1) is 10.0. The van der Waals surface area contributed by atoms with Gasteiger partial charge < -0.3 is 9.47 Å². The first kappa shape index (κ1) is 18.2. The van der Waals surface area contributed by atoms with Crippen molar-refractivity contribution in [3.05, 3.63) is 29.8 Å². The highest BCUT2D eigenvalue weighted by Crippen LogP contribution is 2.16. The molecule has 0 aliphatic carbocycles. The van der Waals surface area contributed by atoms with Crippen LogP contribution in [0.5, 0.6) is 0 Å². The van der Waals surface area contributed by atoms with E-state index in [2.05, 4.69) is 0 Å². The molecule has 0 aliphatic heterocycles. The van der Waals surface area contributed by atoms with Gasteiger partial charge in [0.25, 0.3) is 0 Å². The molecule has 1 aromatic rings. The van der Waals surface area contributed by atoms with E-state index in [4.69, 9.17) is 9.47 Å². The lowest BCUT2D eigenvalue weighted by Crippen LogP contribution is -2.28. The topological polar surface area (TPSA) is 86.7 Å². The van der Waals surface area contributed by atoms with E-state index in [0.29, 0.717) is 0 Å². The summed E-state index contributed by atoms with van der Waals surface area (Å²) in [6, 6.07) is 5.39. The van der Waals surface area contributed by atoms with Crippen molar-refractivity contribution in [3.63, 3.8) is 0 Å². The summed E-state index contributed by atoms with van der Waals surface area (Å²) in [4.78, 5) is 23.2. The predicted molar refractivity (Wildman–Crippen MR) is 80.3 cm³/mol. The zero-order valence-electron chi connectivity index (χ0n) is 13.1. The Morgan fingerprint density at radius 1 is 1.18 bits per heavy atom. The number of rotatable bonds is 5. The summed E-state index contributed by atoms with van der Waals surface area (Å²) < 4.78 is 34.2. The van der Waals surface area contributed by atoms with Crippen molar-refractivity contribution in [1.82, 2.24) is 0 Å². The molecule has 0 saturated heterocycles. The molecule has 1 aromatic carbocycles. The first-order valence-corrected chi connectivity index (χ1v) is 8.42. The van der Waals surface area contributed by atoms with Crippen molar-refractivity contribution >= 4 is 21.8 Å². The average Bonchev–Trinajstić information content (AvgIpc) is 2.36. The summed E-state index contributed by atoms with van der Waals surface area (Å²) in [5.74, 6) is -2.23. The van der Waals surface area contributed by atoms with Crippen LogP contribution in [0.4, 0.5) is 0 Å². The van der Waals surface area contributed by atoms with Crippen LogP contribution >= 0.6 is 0 Å². The molecule has 122 valence electrons. The Balaban J connectivity index is 2.96. The van der Waals surface area contributed by atoms with Gasteiger partial charge in [-0.25, -0.2) is 13.2 Å². The molecule has 0 aromatic heterocycles. The van der Waals surface area contributed by atoms with Crippen molar-refractivity contribution in [1.29, 1.82) is 0 Å². The third-order valence-electron chi connectivity index (χ3n) is 2.43. The van der Waals surface area contributed by atoms with E-state index in [1.807, 2.05) is 0 Å². The number of carbonyl (C=O) groups excluding carboxylic acids is 2. The number of benzene rings is 1. The van der Waals surface area contributed by atoms with Crippen LogP contribution in [0.3, 0.4) is 0 Å². The summed E-state index contributed by atoms with van der Waals surface area (Å²) in [5.41, 5.74) is -0.647. The minimum Gasteiger partial charge on any atom is -0.462 e. The van der Waals surface area contributed by atoms with E-state index in [0.717, 1.165) is 0 Å². The van der Waals surface area contributed by atoms with Crippen LogP contribution in [-0.4, -0.2) is 38.3 Å². The quantitative estimate of drug-likeness (QED) is 0.768. The Hall–Kier alpha value is -1.89. The van der Waals surface area contributed by atoms with E-state index in [1.165, 1.54) is 24.3 Å². The first-order valence-electron chi connectivity index (χ1n) is 6.77. The SMILES string of the molecule is CCOC(=O)c1cccc(S(=O)(=O)CC(=O)OC(C)(C)C)c1. The number of hydrogen-bond donors (Lipinski definition) is 0. The monoisotopic (exact) mass is 328 g/mol. The van der Waals surface area contributed by atoms with Crippen LogP contribution in [0.25, 0.3) is 0 Å². The maximum Gasteiger partial charge on any atom is 0.338 e. The van der Waals surface area contributed by atoms with Crippen LogP contribution in [0, 0.1) is 0 Å². The molecule has 0 fully saturated rings. The summed E-state index contributed by atoms with van der Waals surface area (Å²) in [6.07, 6.45) is 0. The fraction of sp³-hybridized carbons (Fsp3) is 0.467. The Morgan fingerprint density at radius 2 is 1.82 bits per heavy atom. The highest BCUT2D eigenvalue weighted by Gasteiger charge is 2.25. The molecule has 0 saturated carbocycles. The molecule has 0 amide bonds. The van der Waals surface area contributed by atoms with Gasteiger partial charge in [-0.1, -0.05) is 6.07 Å². The fourth-order valence-electron chi connectivity index (χ4n) is 1.64. The molecule has 7 heteroatoms. The Labute approximate surface area is 130 Å². The summed E-state index contributed by atoms with van der Waals surface area (Å²) >= 11 is 0. The van der Waals surface area contributed by atoms with Crippen LogP contribution in [-0.2, 0) is 24.1 Å². The molecule has 0 heterocycles. The van der Waals surface area contributed by atoms with E-state index in [-0.39, 0.29) is 17.1 Å². The third-order valence-corrected chi connectivity index (χ3v) is 4.02. The highest BCUT2D eigenvalue weighted by atomic mass is 32.2. The van der Waals surface area contributed by atoms with Gasteiger partial charge in [0.15, 0.2) is 15.6 Å². The third kappa shape index (κ3) is 5.48. The number of hydrogen-bond acceptors (Lipinski definition) is 6. The van der Waals surface area contributed by atoms with Crippen molar-refractivity contribution < 1.29 is 27.5 Å². The standard InChI is InChI=1S/C15H20O6S/c1-5-20-14(17)11-7-6-8-12(9-11)22(18,19)10-13(16)21-15(2,3)4/h6-9H,5,10H2,1-4H3. The van der Waals surface area contributed by atoms with Crippen LogP contribution in [0.2, 0.25) is 0 Å². The molecular weight excluding hydrogens is 308 g/mol. The van der Waals surface area contributed by atoms with E-state index in [1.54, 1.807) is 27.7 Å². The van der Waals surface area contributed by atoms with Gasteiger partial charge in [0.05, 0.1) is 17.1 Å². The average molecular weight is 328 g/mol. The lowest BCUT2D eigenvalue weighted by Gasteiger charge is -2.19. The summed E-state index contributed by atoms with van der Waals surface area (Å²) in [6.45, 7) is 6.80. The number of sulfone groups is 1. The number of carbonyl (C=O) groups is 2. The minimum atomic E-state index is -3.89. The molecule has 0 atom stereocenters. The normalized spacial score (nSPS) is 11.8. The Kier molecular flexibility index (Phi) is 5.71. The Bertz CT molecular complexity index is 655. The fourth-order valence-corrected chi connectivity index (χ4v) is 2.77. The van der Waals surface area contributed by atoms with Gasteiger partial charge in [-0.2, -0.15) is 0 Å². The maximum absolute atomic E-state index is 12.2. The van der Waals surface area contributed by atoms with E-state index < -0.39 is 33.1 Å². The van der Waals surface area contributed by atoms with E-state index in [9.17, 15) is 18.0 Å². The second kappa shape index (κ2) is 6.91. The largest absolute Gasteiger partial charge is 0.462 e. The highest BCUT2D eigenvalue weighted by molar-refractivity contribution is 7.92. The predicted octanol–water partition coefficient (Wildman–Crippen LogP) is 1.98. The van der Waals surface area contributed by atoms with Gasteiger partial charge in [0, 0.05) is 0 Å². The van der Waals surface area contributed by atoms with Crippen LogP contribution < -0.4 is 0 Å². The van der Waals surface area contributed by atoms with Gasteiger partial charge in [-0.05, 0) is 45.9 Å². The number of esters is 2. The van der Waals surface area contributed by atoms with Crippen molar-refractivity contribution in [2.45, 2.75) is 38.2 Å². The van der Waals surface area contributed by atoms with Gasteiger partial charge in [0.1, 0.15) is 5.60 Å². The number of ether oxygens (including phenoxy) is 2. The van der Waals surface area contributed by atoms with Gasteiger partial charge in [-0.15, -0.1) is 0 Å². The van der Waals surface area contributed by atoms with Gasteiger partial charge in [0.2, 0.25) is 0 Å². The second-order valence-electron chi connectivity index (χ2n) is 5.59. The molecule has 0 unspecified atom stereocenters. The molecule has 6 nitrogen and oxygen atoms in total. The van der Waals surface area contributed by atoms with Crippen molar-refractivity contribution in [3.8, 4) is 0 Å². The molecule has 0 bridgehead atoms. The lowest BCUT2D eigenvalue weighted by atomic mass is 10.2. The molecule has 22 heavy (non-hydrogen) atoms. The van der Waals surface area contributed by atoms with Crippen LogP contribution in [0.1, 0.15) is 38.1 Å². The minimum absolute atomic E-state index is 0.118. The van der Waals surface area contributed by atoms with Crippen molar-refractivity contribution in [2.75, 3.05) is 12.4 Å². The zero-order valence-corrected chi connectivity index (χ0v) is 13.9. The molecule has 1 rings (SSSR count). The summed E-state index contributed by atoms with van der Waals surface area (Å²) in [7, 11) is -3.89. The van der Waals surface area contributed by atoms with Crippen molar-refractivity contribution in [2.24, 2.45) is 0 Å². The van der Waals surface area contributed by atoms with Crippen LogP contribution in [0.15, 0.2) is 29.2 Å². The van der Waals surface area contributed by atoms with Gasteiger partial charge >= 0.3 is 11.9 Å². The molecule has 0 aliphatic rings. The smallest absolute Gasteiger partial charge is 0.338 e. The van der Waals surface area contributed by atoms with Gasteiger partial charge in [-0.3, -0.25) is 4.79 Å². The maximum atomic E-state index is 12.2.